The van der Waals surface area contributed by atoms with Crippen LogP contribution < -0.4 is 10.2 Å². The van der Waals surface area contributed by atoms with Gasteiger partial charge in [0.15, 0.2) is 0 Å². The lowest BCUT2D eigenvalue weighted by atomic mass is 10.1. The second kappa shape index (κ2) is 7.43. The summed E-state index contributed by atoms with van der Waals surface area (Å²) in [5.41, 5.74) is 0. The number of likely N-dealkylation sites (N-methyl/N-ethyl adjacent to an activating group) is 1. The molecule has 112 valence electrons. The summed E-state index contributed by atoms with van der Waals surface area (Å²) in [5, 5.41) is 3.34. The van der Waals surface area contributed by atoms with Crippen molar-refractivity contribution in [2.45, 2.75) is 26.7 Å². The van der Waals surface area contributed by atoms with Gasteiger partial charge in [0, 0.05) is 38.9 Å². The number of nitrogens with zero attached hydrogens (tertiary/aromatic N) is 4. The number of aromatic nitrogens is 2. The third kappa shape index (κ3) is 4.34. The highest BCUT2D eigenvalue weighted by Crippen LogP contribution is 2.14. The first-order chi connectivity index (χ1) is 9.69. The number of piperazine rings is 1. The van der Waals surface area contributed by atoms with Crippen molar-refractivity contribution in [3.8, 4) is 0 Å². The van der Waals surface area contributed by atoms with Crippen LogP contribution in [0.25, 0.3) is 0 Å². The fourth-order valence-corrected chi connectivity index (χ4v) is 2.28. The third-order valence-electron chi connectivity index (χ3n) is 4.09. The molecule has 0 aliphatic carbocycles. The second-order valence-corrected chi connectivity index (χ2v) is 5.76. The fourth-order valence-electron chi connectivity index (χ4n) is 2.28. The molecule has 1 fully saturated rings. The first-order valence-electron chi connectivity index (χ1n) is 7.69. The molecule has 0 radical (unpaired) electrons. The summed E-state index contributed by atoms with van der Waals surface area (Å²) in [6.07, 6.45) is 4.24. The predicted octanol–water partition coefficient (Wildman–Crippen LogP) is 2.08. The normalized spacial score (nSPS) is 18.1. The van der Waals surface area contributed by atoms with Gasteiger partial charge in [0.25, 0.3) is 0 Å². The average Bonchev–Trinajstić information content (AvgIpc) is 2.48. The van der Waals surface area contributed by atoms with E-state index in [9.17, 15) is 0 Å². The third-order valence-corrected chi connectivity index (χ3v) is 4.09. The topological polar surface area (TPSA) is 44.3 Å². The van der Waals surface area contributed by atoms with Gasteiger partial charge < -0.3 is 15.1 Å². The first-order valence-corrected chi connectivity index (χ1v) is 7.69. The van der Waals surface area contributed by atoms with Crippen LogP contribution in [0.3, 0.4) is 0 Å². The van der Waals surface area contributed by atoms with Crippen molar-refractivity contribution in [3.05, 3.63) is 12.3 Å². The molecule has 0 amide bonds. The molecule has 1 aliphatic heterocycles. The minimum Gasteiger partial charge on any atom is -0.354 e. The van der Waals surface area contributed by atoms with Crippen LogP contribution in [0.15, 0.2) is 12.3 Å². The molecule has 1 N–H and O–H groups in total. The highest BCUT2D eigenvalue weighted by molar-refractivity contribution is 5.42. The summed E-state index contributed by atoms with van der Waals surface area (Å²) in [6.45, 7) is 9.74. The minimum atomic E-state index is 0.753. The summed E-state index contributed by atoms with van der Waals surface area (Å²) < 4.78 is 0. The van der Waals surface area contributed by atoms with Crippen molar-refractivity contribution in [1.29, 1.82) is 0 Å². The molecule has 1 atom stereocenters. The fraction of sp³-hybridized carbons (Fsp3) is 0.733. The van der Waals surface area contributed by atoms with E-state index in [2.05, 4.69) is 46.0 Å². The van der Waals surface area contributed by atoms with Crippen molar-refractivity contribution in [1.82, 2.24) is 14.9 Å². The Morgan fingerprint density at radius 3 is 2.75 bits per heavy atom. The number of hydrogen-bond donors (Lipinski definition) is 1. The maximum atomic E-state index is 4.63. The van der Waals surface area contributed by atoms with Crippen LogP contribution in [0.2, 0.25) is 0 Å². The Hall–Kier alpha value is -1.36. The minimum absolute atomic E-state index is 0.753. The van der Waals surface area contributed by atoms with Gasteiger partial charge in [0.2, 0.25) is 5.95 Å². The van der Waals surface area contributed by atoms with Gasteiger partial charge in [-0.15, -0.1) is 0 Å². The molecule has 1 aliphatic rings. The van der Waals surface area contributed by atoms with Gasteiger partial charge in [0.05, 0.1) is 0 Å². The van der Waals surface area contributed by atoms with Crippen LogP contribution in [-0.2, 0) is 0 Å². The highest BCUT2D eigenvalue weighted by atomic mass is 15.3. The molecule has 1 aromatic heterocycles. The van der Waals surface area contributed by atoms with E-state index in [1.165, 1.54) is 12.8 Å². The summed E-state index contributed by atoms with van der Waals surface area (Å²) in [5.74, 6) is 2.55. The van der Waals surface area contributed by atoms with Gasteiger partial charge in [-0.3, -0.25) is 0 Å². The summed E-state index contributed by atoms with van der Waals surface area (Å²) in [6, 6.07) is 2.01. The Morgan fingerprint density at radius 2 is 2.05 bits per heavy atom. The Balaban J connectivity index is 1.87. The zero-order valence-electron chi connectivity index (χ0n) is 13.0. The quantitative estimate of drug-likeness (QED) is 0.862. The molecule has 2 rings (SSSR count). The lowest BCUT2D eigenvalue weighted by Crippen LogP contribution is -2.44. The maximum Gasteiger partial charge on any atom is 0.224 e. The van der Waals surface area contributed by atoms with E-state index >= 15 is 0 Å². The average molecular weight is 277 g/mol. The Kier molecular flexibility index (Phi) is 5.59. The molecule has 1 unspecified atom stereocenters. The monoisotopic (exact) mass is 277 g/mol. The first kappa shape index (κ1) is 15.0. The standard InChI is InChI=1S/C15H27N5/c1-4-13(2)5-7-16-15-17-8-6-14(18-15)20-11-9-19(3)10-12-20/h6,8,13H,4-5,7,9-12H2,1-3H3,(H,16,17,18). The van der Waals surface area contributed by atoms with Crippen molar-refractivity contribution < 1.29 is 0 Å². The SMILES string of the molecule is CCC(C)CCNc1nccc(N2CCN(C)CC2)n1. The van der Waals surface area contributed by atoms with Gasteiger partial charge in [-0.25, -0.2) is 4.98 Å². The van der Waals surface area contributed by atoms with Gasteiger partial charge in [-0.2, -0.15) is 4.98 Å². The molecule has 0 spiro atoms. The van der Waals surface area contributed by atoms with Crippen LogP contribution in [0.5, 0.6) is 0 Å². The van der Waals surface area contributed by atoms with E-state index in [0.717, 1.165) is 50.4 Å². The van der Waals surface area contributed by atoms with Crippen LogP contribution in [0.1, 0.15) is 26.7 Å². The Labute approximate surface area is 122 Å². The molecule has 5 heteroatoms. The van der Waals surface area contributed by atoms with Crippen LogP contribution in [0.4, 0.5) is 11.8 Å². The smallest absolute Gasteiger partial charge is 0.224 e. The second-order valence-electron chi connectivity index (χ2n) is 5.76. The molecule has 0 bridgehead atoms. The Bertz CT molecular complexity index is 401. The number of hydrogen-bond acceptors (Lipinski definition) is 5. The Morgan fingerprint density at radius 1 is 1.30 bits per heavy atom. The molecule has 2 heterocycles. The van der Waals surface area contributed by atoms with Crippen molar-refractivity contribution in [3.63, 3.8) is 0 Å². The summed E-state index contributed by atoms with van der Waals surface area (Å²) in [7, 11) is 2.17. The van der Waals surface area contributed by atoms with Crippen LogP contribution in [-0.4, -0.2) is 54.6 Å². The maximum absolute atomic E-state index is 4.63. The van der Waals surface area contributed by atoms with Crippen molar-refractivity contribution >= 4 is 11.8 Å². The van der Waals surface area contributed by atoms with E-state index in [1.807, 2.05) is 12.3 Å². The van der Waals surface area contributed by atoms with E-state index in [0.29, 0.717) is 0 Å². The van der Waals surface area contributed by atoms with Gasteiger partial charge in [-0.1, -0.05) is 20.3 Å². The largest absolute Gasteiger partial charge is 0.354 e. The lowest BCUT2D eigenvalue weighted by molar-refractivity contribution is 0.312. The lowest BCUT2D eigenvalue weighted by Gasteiger charge is -2.33. The molecule has 0 saturated carbocycles. The highest BCUT2D eigenvalue weighted by Gasteiger charge is 2.15. The molecular weight excluding hydrogens is 250 g/mol. The number of anilines is 2. The number of nitrogens with one attached hydrogen (secondary N) is 1. The van der Waals surface area contributed by atoms with E-state index in [4.69, 9.17) is 0 Å². The van der Waals surface area contributed by atoms with Crippen LogP contribution >= 0.6 is 0 Å². The van der Waals surface area contributed by atoms with E-state index in [1.54, 1.807) is 0 Å². The molecule has 1 aromatic rings. The molecule has 1 saturated heterocycles. The van der Waals surface area contributed by atoms with E-state index in [-0.39, 0.29) is 0 Å². The molecule has 20 heavy (non-hydrogen) atoms. The summed E-state index contributed by atoms with van der Waals surface area (Å²) >= 11 is 0. The summed E-state index contributed by atoms with van der Waals surface area (Å²) in [4.78, 5) is 13.6. The van der Waals surface area contributed by atoms with Gasteiger partial charge in [-0.05, 0) is 25.5 Å². The van der Waals surface area contributed by atoms with Crippen molar-refractivity contribution in [2.75, 3.05) is 50.0 Å². The van der Waals surface area contributed by atoms with Gasteiger partial charge in [0.1, 0.15) is 5.82 Å². The zero-order chi connectivity index (χ0) is 14.4. The van der Waals surface area contributed by atoms with E-state index < -0.39 is 0 Å². The van der Waals surface area contributed by atoms with Crippen LogP contribution in [0, 0.1) is 5.92 Å². The molecular formula is C15H27N5. The zero-order valence-corrected chi connectivity index (χ0v) is 13.0. The predicted molar refractivity (Wildman–Crippen MR) is 84.3 cm³/mol. The van der Waals surface area contributed by atoms with Crippen molar-refractivity contribution in [2.24, 2.45) is 5.92 Å². The molecule has 0 aromatic carbocycles. The van der Waals surface area contributed by atoms with Gasteiger partial charge >= 0.3 is 0 Å². The molecule has 5 nitrogen and oxygen atoms in total. The number of rotatable bonds is 6.